The summed E-state index contributed by atoms with van der Waals surface area (Å²) in [5, 5.41) is 4.37. The molecule has 9 nitrogen and oxygen atoms in total. The third-order valence-electron chi connectivity index (χ3n) is 6.71. The van der Waals surface area contributed by atoms with Crippen LogP contribution in [-0.2, 0) is 32.2 Å². The standard InChI is InChI=1S/C28H28N4O5/c1-36-22-9-7-19(8-10-22)11-16-30-23(33)18-32-25(21-12-14-29-15-13-21)24-26(37-32)28(35)31(27(24)34)17-20-5-3-2-4-6-20/h2-10,12-15,24-26H,11,16-18H2,1H3,(H,30,33). The van der Waals surface area contributed by atoms with Gasteiger partial charge in [0.1, 0.15) is 12.3 Å². The molecular formula is C28H28N4O5. The van der Waals surface area contributed by atoms with Crippen LogP contribution in [0.1, 0.15) is 22.7 Å². The van der Waals surface area contributed by atoms with Gasteiger partial charge in [-0.05, 0) is 47.4 Å². The maximum absolute atomic E-state index is 13.5. The minimum absolute atomic E-state index is 0.109. The number of carbonyl (C=O) groups is 3. The van der Waals surface area contributed by atoms with E-state index in [0.29, 0.717) is 13.0 Å². The highest BCUT2D eigenvalue weighted by atomic mass is 16.7. The van der Waals surface area contributed by atoms with Crippen LogP contribution in [0.25, 0.3) is 0 Å². The van der Waals surface area contributed by atoms with E-state index in [9.17, 15) is 14.4 Å². The van der Waals surface area contributed by atoms with Crippen LogP contribution in [0.3, 0.4) is 0 Å². The number of nitrogens with one attached hydrogen (secondary N) is 1. The van der Waals surface area contributed by atoms with Crippen LogP contribution >= 0.6 is 0 Å². The van der Waals surface area contributed by atoms with Crippen molar-refractivity contribution in [1.29, 1.82) is 0 Å². The molecule has 190 valence electrons. The van der Waals surface area contributed by atoms with Crippen molar-refractivity contribution >= 4 is 17.7 Å². The number of hydroxylamine groups is 2. The molecule has 3 atom stereocenters. The highest BCUT2D eigenvalue weighted by Gasteiger charge is 2.59. The minimum atomic E-state index is -0.971. The number of aromatic nitrogens is 1. The molecule has 0 bridgehead atoms. The number of pyridine rings is 1. The summed E-state index contributed by atoms with van der Waals surface area (Å²) in [7, 11) is 1.62. The van der Waals surface area contributed by atoms with E-state index < -0.39 is 18.1 Å². The van der Waals surface area contributed by atoms with E-state index >= 15 is 0 Å². The van der Waals surface area contributed by atoms with Crippen LogP contribution in [0.15, 0.2) is 79.1 Å². The molecule has 2 fully saturated rings. The second kappa shape index (κ2) is 10.9. The lowest BCUT2D eigenvalue weighted by Crippen LogP contribution is -2.41. The van der Waals surface area contributed by atoms with Gasteiger partial charge in [0.25, 0.3) is 5.91 Å². The lowest BCUT2D eigenvalue weighted by atomic mass is 9.91. The quantitative estimate of drug-likeness (QED) is 0.450. The Bertz CT molecular complexity index is 1250. The summed E-state index contributed by atoms with van der Waals surface area (Å²) in [5.41, 5.74) is 2.69. The summed E-state index contributed by atoms with van der Waals surface area (Å²) in [6.07, 6.45) is 2.93. The third-order valence-corrected chi connectivity index (χ3v) is 6.71. The predicted molar refractivity (Wildman–Crippen MR) is 134 cm³/mol. The third kappa shape index (κ3) is 5.23. The van der Waals surface area contributed by atoms with Crippen molar-refractivity contribution in [2.24, 2.45) is 5.92 Å². The normalized spacial score (nSPS) is 21.2. The van der Waals surface area contributed by atoms with Gasteiger partial charge in [0.2, 0.25) is 11.8 Å². The van der Waals surface area contributed by atoms with Crippen molar-refractivity contribution in [3.63, 3.8) is 0 Å². The molecule has 0 spiro atoms. The summed E-state index contributed by atoms with van der Waals surface area (Å²) in [6, 6.07) is 20.0. The SMILES string of the molecule is COc1ccc(CCNC(=O)CN2OC3C(=O)N(Cc4ccccc4)C(=O)C3C2c2ccncc2)cc1. The number of hydrogen-bond acceptors (Lipinski definition) is 7. The molecule has 2 saturated heterocycles. The van der Waals surface area contributed by atoms with E-state index in [1.807, 2.05) is 54.6 Å². The minimum Gasteiger partial charge on any atom is -0.497 e. The van der Waals surface area contributed by atoms with Gasteiger partial charge in [0.05, 0.1) is 25.6 Å². The number of hydrogen-bond donors (Lipinski definition) is 1. The highest BCUT2D eigenvalue weighted by Crippen LogP contribution is 2.44. The van der Waals surface area contributed by atoms with E-state index in [0.717, 1.165) is 22.4 Å². The Morgan fingerprint density at radius 2 is 1.70 bits per heavy atom. The fourth-order valence-corrected chi connectivity index (χ4v) is 4.85. The molecule has 3 unspecified atom stereocenters. The largest absolute Gasteiger partial charge is 0.497 e. The van der Waals surface area contributed by atoms with Gasteiger partial charge in [-0.1, -0.05) is 42.5 Å². The number of amides is 3. The summed E-state index contributed by atoms with van der Waals surface area (Å²) in [4.78, 5) is 50.8. The monoisotopic (exact) mass is 500 g/mol. The number of methoxy groups -OCH3 is 1. The van der Waals surface area contributed by atoms with Crippen molar-refractivity contribution in [3.05, 3.63) is 95.8 Å². The molecule has 1 aromatic heterocycles. The average molecular weight is 501 g/mol. The molecular weight excluding hydrogens is 472 g/mol. The smallest absolute Gasteiger partial charge is 0.261 e. The molecule has 3 heterocycles. The van der Waals surface area contributed by atoms with Crippen LogP contribution in [0, 0.1) is 5.92 Å². The first-order valence-corrected chi connectivity index (χ1v) is 12.2. The molecule has 1 N–H and O–H groups in total. The Balaban J connectivity index is 1.27. The van der Waals surface area contributed by atoms with Crippen LogP contribution in [0.4, 0.5) is 0 Å². The predicted octanol–water partition coefficient (Wildman–Crippen LogP) is 2.29. The van der Waals surface area contributed by atoms with E-state index in [2.05, 4.69) is 10.3 Å². The molecule has 37 heavy (non-hydrogen) atoms. The van der Waals surface area contributed by atoms with Crippen LogP contribution in [-0.4, -0.2) is 59.0 Å². The number of benzene rings is 2. The Labute approximate surface area is 215 Å². The van der Waals surface area contributed by atoms with Crippen LogP contribution in [0.2, 0.25) is 0 Å². The molecule has 0 aliphatic carbocycles. The molecule has 3 aromatic rings. The fourth-order valence-electron chi connectivity index (χ4n) is 4.85. The van der Waals surface area contributed by atoms with Gasteiger partial charge in [0, 0.05) is 18.9 Å². The summed E-state index contributed by atoms with van der Waals surface area (Å²) >= 11 is 0. The molecule has 0 radical (unpaired) electrons. The zero-order valence-corrected chi connectivity index (χ0v) is 20.4. The molecule has 5 rings (SSSR count). The Hall–Kier alpha value is -4.08. The summed E-state index contributed by atoms with van der Waals surface area (Å²) in [5.74, 6) is -0.916. The van der Waals surface area contributed by atoms with Gasteiger partial charge in [-0.3, -0.25) is 29.1 Å². The first kappa shape index (κ1) is 24.6. The number of nitrogens with zero attached hydrogens (tertiary/aromatic N) is 3. The number of likely N-dealkylation sites (tertiary alicyclic amines) is 1. The molecule has 3 amide bonds. The number of carbonyl (C=O) groups excluding carboxylic acids is 3. The van der Waals surface area contributed by atoms with Crippen LogP contribution < -0.4 is 10.1 Å². The average Bonchev–Trinajstić information content (AvgIpc) is 3.40. The summed E-state index contributed by atoms with van der Waals surface area (Å²) < 4.78 is 5.17. The maximum atomic E-state index is 13.5. The Kier molecular flexibility index (Phi) is 7.25. The second-order valence-corrected chi connectivity index (χ2v) is 9.05. The van der Waals surface area contributed by atoms with Gasteiger partial charge in [0.15, 0.2) is 6.10 Å². The van der Waals surface area contributed by atoms with E-state index in [1.165, 1.54) is 9.96 Å². The van der Waals surface area contributed by atoms with Gasteiger partial charge in [-0.15, -0.1) is 0 Å². The zero-order chi connectivity index (χ0) is 25.8. The van der Waals surface area contributed by atoms with Crippen molar-refractivity contribution in [1.82, 2.24) is 20.3 Å². The lowest BCUT2D eigenvalue weighted by molar-refractivity contribution is -0.182. The zero-order valence-electron chi connectivity index (χ0n) is 20.4. The molecule has 2 aromatic carbocycles. The molecule has 2 aliphatic heterocycles. The van der Waals surface area contributed by atoms with Crippen molar-refractivity contribution in [3.8, 4) is 5.75 Å². The van der Waals surface area contributed by atoms with Gasteiger partial charge in [-0.25, -0.2) is 0 Å². The molecule has 2 aliphatic rings. The number of ether oxygens (including phenoxy) is 1. The number of rotatable bonds is 9. The van der Waals surface area contributed by atoms with Crippen molar-refractivity contribution in [2.75, 3.05) is 20.2 Å². The van der Waals surface area contributed by atoms with Crippen molar-refractivity contribution < 1.29 is 24.0 Å². The first-order chi connectivity index (χ1) is 18.0. The highest BCUT2D eigenvalue weighted by molar-refractivity contribution is 6.07. The Morgan fingerprint density at radius 3 is 2.41 bits per heavy atom. The summed E-state index contributed by atoms with van der Waals surface area (Å²) in [6.45, 7) is 0.514. The molecule has 9 heteroatoms. The van der Waals surface area contributed by atoms with Crippen molar-refractivity contribution in [2.45, 2.75) is 25.1 Å². The number of imide groups is 1. The van der Waals surface area contributed by atoms with E-state index in [-0.39, 0.29) is 30.8 Å². The fraction of sp³-hybridized carbons (Fsp3) is 0.286. The number of fused-ring (bicyclic) bond motifs is 1. The van der Waals surface area contributed by atoms with Gasteiger partial charge >= 0.3 is 0 Å². The first-order valence-electron chi connectivity index (χ1n) is 12.2. The van der Waals surface area contributed by atoms with Gasteiger partial charge < -0.3 is 10.1 Å². The Morgan fingerprint density at radius 1 is 0.973 bits per heavy atom. The van der Waals surface area contributed by atoms with Gasteiger partial charge in [-0.2, -0.15) is 5.06 Å². The molecule has 0 saturated carbocycles. The topological polar surface area (TPSA) is 101 Å². The lowest BCUT2D eigenvalue weighted by Gasteiger charge is -2.26. The maximum Gasteiger partial charge on any atom is 0.261 e. The van der Waals surface area contributed by atoms with Crippen LogP contribution in [0.5, 0.6) is 5.75 Å². The van der Waals surface area contributed by atoms with E-state index in [4.69, 9.17) is 9.57 Å². The second-order valence-electron chi connectivity index (χ2n) is 9.05. The van der Waals surface area contributed by atoms with E-state index in [1.54, 1.807) is 31.6 Å².